The molecule has 2 amide bonds. The van der Waals surface area contributed by atoms with Crippen LogP contribution < -0.4 is 15.6 Å². The van der Waals surface area contributed by atoms with E-state index >= 15 is 0 Å². The summed E-state index contributed by atoms with van der Waals surface area (Å²) in [4.78, 5) is 29.4. The molecule has 0 saturated heterocycles. The number of rotatable bonds is 6. The first-order valence-electron chi connectivity index (χ1n) is 7.58. The van der Waals surface area contributed by atoms with E-state index in [1.165, 1.54) is 24.5 Å². The van der Waals surface area contributed by atoms with Crippen LogP contribution in [0.3, 0.4) is 0 Å². The maximum Gasteiger partial charge on any atom is 0.273 e. The fourth-order valence-electron chi connectivity index (χ4n) is 2.05. The van der Waals surface area contributed by atoms with E-state index in [1.54, 1.807) is 12.1 Å². The second-order valence-electron chi connectivity index (χ2n) is 5.08. The Labute approximate surface area is 167 Å². The standard InChI is InChI=1S/C16H14ClN5O3S2/c1-25-11-5-4-9(17)7-10(11)15(24)21-19-13(23)8-27-16-18-14(20-22-16)12-3-2-6-26-12/h2-7H,8H2,1H3,(H,19,23)(H,21,24)(H,18,20,22). The molecular formula is C16H14ClN5O3S2. The van der Waals surface area contributed by atoms with Gasteiger partial charge in [-0.1, -0.05) is 29.4 Å². The Morgan fingerprint density at radius 1 is 1.33 bits per heavy atom. The highest BCUT2D eigenvalue weighted by molar-refractivity contribution is 7.99. The van der Waals surface area contributed by atoms with Crippen LogP contribution in [0, 0.1) is 0 Å². The van der Waals surface area contributed by atoms with Crippen molar-refractivity contribution in [3.05, 3.63) is 46.3 Å². The number of thioether (sulfide) groups is 1. The summed E-state index contributed by atoms with van der Waals surface area (Å²) in [6.07, 6.45) is 0. The van der Waals surface area contributed by atoms with Crippen LogP contribution in [0.4, 0.5) is 0 Å². The quantitative estimate of drug-likeness (QED) is 0.415. The number of H-pyrrole nitrogens is 1. The number of methoxy groups -OCH3 is 1. The minimum absolute atomic E-state index is 0.0364. The van der Waals surface area contributed by atoms with Crippen molar-refractivity contribution in [1.29, 1.82) is 0 Å². The maximum absolute atomic E-state index is 12.2. The van der Waals surface area contributed by atoms with Gasteiger partial charge in [-0.3, -0.25) is 25.5 Å². The molecular weight excluding hydrogens is 410 g/mol. The van der Waals surface area contributed by atoms with Gasteiger partial charge in [0.2, 0.25) is 11.1 Å². The molecule has 0 fully saturated rings. The molecule has 3 rings (SSSR count). The molecule has 0 aliphatic heterocycles. The van der Waals surface area contributed by atoms with Crippen molar-refractivity contribution < 1.29 is 14.3 Å². The molecule has 0 radical (unpaired) electrons. The van der Waals surface area contributed by atoms with Gasteiger partial charge in [0.15, 0.2) is 5.82 Å². The van der Waals surface area contributed by atoms with Crippen molar-refractivity contribution in [2.24, 2.45) is 0 Å². The van der Waals surface area contributed by atoms with Crippen LogP contribution in [0.5, 0.6) is 5.75 Å². The van der Waals surface area contributed by atoms with E-state index in [0.29, 0.717) is 21.8 Å². The van der Waals surface area contributed by atoms with Gasteiger partial charge in [0.1, 0.15) is 5.75 Å². The van der Waals surface area contributed by atoms with Crippen molar-refractivity contribution in [2.45, 2.75) is 5.16 Å². The van der Waals surface area contributed by atoms with Gasteiger partial charge in [-0.25, -0.2) is 4.98 Å². The molecule has 2 aromatic heterocycles. The topological polar surface area (TPSA) is 109 Å². The highest BCUT2D eigenvalue weighted by Gasteiger charge is 2.14. The Kier molecular flexibility index (Phi) is 6.32. The van der Waals surface area contributed by atoms with Crippen LogP contribution in [0.1, 0.15) is 10.4 Å². The molecule has 3 N–H and O–H groups in total. The van der Waals surface area contributed by atoms with Gasteiger partial charge >= 0.3 is 0 Å². The summed E-state index contributed by atoms with van der Waals surface area (Å²) in [5.41, 5.74) is 4.88. The largest absolute Gasteiger partial charge is 0.496 e. The predicted octanol–water partition coefficient (Wildman–Crippen LogP) is 2.75. The zero-order valence-electron chi connectivity index (χ0n) is 14.0. The number of carbonyl (C=O) groups is 2. The highest BCUT2D eigenvalue weighted by Crippen LogP contribution is 2.23. The van der Waals surface area contributed by atoms with E-state index in [-0.39, 0.29) is 11.3 Å². The lowest BCUT2D eigenvalue weighted by Gasteiger charge is -2.10. The summed E-state index contributed by atoms with van der Waals surface area (Å²) < 4.78 is 5.11. The monoisotopic (exact) mass is 423 g/mol. The lowest BCUT2D eigenvalue weighted by Crippen LogP contribution is -2.42. The molecule has 2 heterocycles. The number of carbonyl (C=O) groups excluding carboxylic acids is 2. The Morgan fingerprint density at radius 2 is 2.19 bits per heavy atom. The molecule has 140 valence electrons. The van der Waals surface area contributed by atoms with Crippen LogP contribution in [0.25, 0.3) is 10.7 Å². The smallest absolute Gasteiger partial charge is 0.273 e. The number of halogens is 1. The molecule has 1 aromatic carbocycles. The average Bonchev–Trinajstić information content (AvgIpc) is 3.35. The molecule has 0 atom stereocenters. The molecule has 0 unspecified atom stereocenters. The van der Waals surface area contributed by atoms with Crippen LogP contribution in [0.15, 0.2) is 40.9 Å². The zero-order valence-corrected chi connectivity index (χ0v) is 16.4. The minimum Gasteiger partial charge on any atom is -0.496 e. The molecule has 0 spiro atoms. The number of benzene rings is 1. The van der Waals surface area contributed by atoms with Crippen LogP contribution in [-0.4, -0.2) is 39.9 Å². The third kappa shape index (κ3) is 5.00. The first-order valence-corrected chi connectivity index (χ1v) is 9.83. The summed E-state index contributed by atoms with van der Waals surface area (Å²) >= 11 is 8.58. The predicted molar refractivity (Wildman–Crippen MR) is 104 cm³/mol. The fourth-order valence-corrected chi connectivity index (χ4v) is 3.49. The normalized spacial score (nSPS) is 10.4. The number of hydrazine groups is 1. The third-order valence-electron chi connectivity index (χ3n) is 3.27. The summed E-state index contributed by atoms with van der Waals surface area (Å²) in [6.45, 7) is 0. The fraction of sp³-hybridized carbons (Fsp3) is 0.125. The van der Waals surface area contributed by atoms with Crippen LogP contribution in [0.2, 0.25) is 5.02 Å². The molecule has 3 aromatic rings. The maximum atomic E-state index is 12.2. The second-order valence-corrected chi connectivity index (χ2v) is 7.41. The summed E-state index contributed by atoms with van der Waals surface area (Å²) in [6, 6.07) is 8.47. The van der Waals surface area contributed by atoms with Crippen molar-refractivity contribution in [3.63, 3.8) is 0 Å². The van der Waals surface area contributed by atoms with E-state index in [1.807, 2.05) is 17.5 Å². The average molecular weight is 424 g/mol. The number of hydrogen-bond acceptors (Lipinski definition) is 7. The van der Waals surface area contributed by atoms with E-state index < -0.39 is 11.8 Å². The summed E-state index contributed by atoms with van der Waals surface area (Å²) in [7, 11) is 1.44. The number of nitrogens with one attached hydrogen (secondary N) is 3. The molecule has 0 bridgehead atoms. The van der Waals surface area contributed by atoms with Gasteiger partial charge in [0.05, 0.1) is 23.3 Å². The number of aromatic nitrogens is 3. The van der Waals surface area contributed by atoms with Crippen LogP contribution >= 0.6 is 34.7 Å². The summed E-state index contributed by atoms with van der Waals surface area (Å²) in [5, 5.41) is 9.64. The van der Waals surface area contributed by atoms with Crippen LogP contribution in [-0.2, 0) is 4.79 Å². The molecule has 11 heteroatoms. The lowest BCUT2D eigenvalue weighted by atomic mass is 10.2. The Morgan fingerprint density at radius 3 is 2.93 bits per heavy atom. The lowest BCUT2D eigenvalue weighted by molar-refractivity contribution is -0.119. The Bertz CT molecular complexity index is 945. The van der Waals surface area contributed by atoms with Gasteiger partial charge in [0, 0.05) is 5.02 Å². The number of thiophene rings is 1. The summed E-state index contributed by atoms with van der Waals surface area (Å²) in [5.74, 6) is 0.0910. The third-order valence-corrected chi connectivity index (χ3v) is 5.23. The molecule has 0 aliphatic rings. The zero-order chi connectivity index (χ0) is 19.2. The number of nitrogens with zero attached hydrogens (tertiary/aromatic N) is 2. The number of aromatic amines is 1. The second kappa shape index (κ2) is 8.89. The first-order chi connectivity index (χ1) is 13.1. The van der Waals surface area contributed by atoms with Gasteiger partial charge in [-0.2, -0.15) is 0 Å². The van der Waals surface area contributed by atoms with Gasteiger partial charge in [-0.15, -0.1) is 16.4 Å². The van der Waals surface area contributed by atoms with Gasteiger partial charge < -0.3 is 4.74 Å². The van der Waals surface area contributed by atoms with Gasteiger partial charge in [0.25, 0.3) is 5.91 Å². The molecule has 8 nitrogen and oxygen atoms in total. The van der Waals surface area contributed by atoms with Crippen molar-refractivity contribution >= 4 is 46.5 Å². The van der Waals surface area contributed by atoms with E-state index in [9.17, 15) is 9.59 Å². The Hall–Kier alpha value is -2.56. The first kappa shape index (κ1) is 19.2. The minimum atomic E-state index is -0.537. The molecule has 0 aliphatic carbocycles. The highest BCUT2D eigenvalue weighted by atomic mass is 35.5. The SMILES string of the molecule is COc1ccc(Cl)cc1C(=O)NNC(=O)CSc1n[nH]c(-c2cccs2)n1. The van der Waals surface area contributed by atoms with Crippen molar-refractivity contribution in [1.82, 2.24) is 26.0 Å². The van der Waals surface area contributed by atoms with Gasteiger partial charge in [-0.05, 0) is 29.6 Å². The number of hydrogen-bond donors (Lipinski definition) is 3. The number of ether oxygens (including phenoxy) is 1. The van der Waals surface area contributed by atoms with E-state index in [0.717, 1.165) is 16.6 Å². The van der Waals surface area contributed by atoms with E-state index in [2.05, 4.69) is 26.0 Å². The number of amides is 2. The molecule has 0 saturated carbocycles. The Balaban J connectivity index is 1.50. The van der Waals surface area contributed by atoms with E-state index in [4.69, 9.17) is 16.3 Å². The van der Waals surface area contributed by atoms with Crippen molar-refractivity contribution in [3.8, 4) is 16.5 Å². The van der Waals surface area contributed by atoms with Crippen molar-refractivity contribution in [2.75, 3.05) is 12.9 Å². The molecule has 27 heavy (non-hydrogen) atoms.